The van der Waals surface area contributed by atoms with Crippen LogP contribution < -0.4 is 10.6 Å². The van der Waals surface area contributed by atoms with Crippen molar-refractivity contribution in [2.75, 3.05) is 18.9 Å². The highest BCUT2D eigenvalue weighted by Gasteiger charge is 2.06. The van der Waals surface area contributed by atoms with Gasteiger partial charge in [0.2, 0.25) is 5.91 Å². The van der Waals surface area contributed by atoms with E-state index in [0.29, 0.717) is 19.5 Å². The van der Waals surface area contributed by atoms with Crippen LogP contribution in [0.1, 0.15) is 12.0 Å². The van der Waals surface area contributed by atoms with Gasteiger partial charge in [0.25, 0.3) is 0 Å². The molecule has 2 N–H and O–H groups in total. The van der Waals surface area contributed by atoms with E-state index in [1.54, 1.807) is 11.0 Å². The number of carbonyl (C=O) groups is 1. The fourth-order valence-electron chi connectivity index (χ4n) is 1.72. The van der Waals surface area contributed by atoms with Crippen LogP contribution in [-0.2, 0) is 11.3 Å². The van der Waals surface area contributed by atoms with E-state index < -0.39 is 0 Å². The summed E-state index contributed by atoms with van der Waals surface area (Å²) in [6.45, 7) is 1.25. The van der Waals surface area contributed by atoms with Gasteiger partial charge in [-0.25, -0.2) is 9.67 Å². The van der Waals surface area contributed by atoms with Crippen LogP contribution in [0.2, 0.25) is 0 Å². The highest BCUT2D eigenvalue weighted by molar-refractivity contribution is 5.91. The summed E-state index contributed by atoms with van der Waals surface area (Å²) in [5.74, 6) is 0.000361. The Kier molecular flexibility index (Phi) is 4.63. The highest BCUT2D eigenvalue weighted by atomic mass is 16.1. The molecule has 2 rings (SSSR count). The van der Waals surface area contributed by atoms with Crippen molar-refractivity contribution in [3.05, 3.63) is 42.5 Å². The van der Waals surface area contributed by atoms with E-state index in [1.165, 1.54) is 6.33 Å². The summed E-state index contributed by atoms with van der Waals surface area (Å²) in [6.07, 6.45) is 3.60. The van der Waals surface area contributed by atoms with Crippen LogP contribution in [0.4, 0.5) is 5.69 Å². The lowest BCUT2D eigenvalue weighted by molar-refractivity contribution is -0.116. The molecule has 6 heteroatoms. The third kappa shape index (κ3) is 3.89. The number of hydrogen-bond acceptors (Lipinski definition) is 4. The molecule has 0 atom stereocenters. The van der Waals surface area contributed by atoms with Gasteiger partial charge in [0.05, 0.1) is 6.54 Å². The minimum atomic E-state index is 0.000361. The molecule has 19 heavy (non-hydrogen) atoms. The van der Waals surface area contributed by atoms with Crippen molar-refractivity contribution in [1.29, 1.82) is 0 Å². The van der Waals surface area contributed by atoms with Crippen molar-refractivity contribution < 1.29 is 4.79 Å². The zero-order chi connectivity index (χ0) is 13.5. The summed E-state index contributed by atoms with van der Waals surface area (Å²) in [6, 6.07) is 7.70. The van der Waals surface area contributed by atoms with Gasteiger partial charge in [0.15, 0.2) is 0 Å². The van der Waals surface area contributed by atoms with Gasteiger partial charge < -0.3 is 10.6 Å². The summed E-state index contributed by atoms with van der Waals surface area (Å²) in [5, 5.41) is 9.93. The molecule has 1 aromatic heterocycles. The first kappa shape index (κ1) is 13.2. The maximum Gasteiger partial charge on any atom is 0.225 e. The summed E-state index contributed by atoms with van der Waals surface area (Å²) in [7, 11) is 1.83. The lowest BCUT2D eigenvalue weighted by Crippen LogP contribution is -2.19. The standard InChI is InChI=1S/C13H17N5O/c1-14-7-6-13(19)17-12-5-3-2-4-11(12)8-18-10-15-9-16-18/h2-5,9-10,14H,6-8H2,1H3,(H,17,19). The molecular formula is C13H17N5O. The molecule has 0 fully saturated rings. The number of rotatable bonds is 6. The molecule has 0 saturated carbocycles. The van der Waals surface area contributed by atoms with Gasteiger partial charge in [-0.05, 0) is 18.7 Å². The first-order chi connectivity index (χ1) is 9.29. The first-order valence-corrected chi connectivity index (χ1v) is 6.14. The third-order valence-electron chi connectivity index (χ3n) is 2.69. The van der Waals surface area contributed by atoms with Gasteiger partial charge in [0.1, 0.15) is 12.7 Å². The lowest BCUT2D eigenvalue weighted by Gasteiger charge is -2.10. The molecular weight excluding hydrogens is 242 g/mol. The van der Waals surface area contributed by atoms with Crippen LogP contribution in [-0.4, -0.2) is 34.3 Å². The Hall–Kier alpha value is -2.21. The van der Waals surface area contributed by atoms with E-state index in [0.717, 1.165) is 11.3 Å². The summed E-state index contributed by atoms with van der Waals surface area (Å²) in [5.41, 5.74) is 1.82. The third-order valence-corrected chi connectivity index (χ3v) is 2.69. The van der Waals surface area contributed by atoms with E-state index in [4.69, 9.17) is 0 Å². The first-order valence-electron chi connectivity index (χ1n) is 6.14. The molecule has 1 amide bonds. The molecule has 1 heterocycles. The fourth-order valence-corrected chi connectivity index (χ4v) is 1.72. The molecule has 0 aliphatic rings. The minimum absolute atomic E-state index is 0.000361. The molecule has 0 bridgehead atoms. The van der Waals surface area contributed by atoms with Gasteiger partial charge in [-0.2, -0.15) is 5.10 Å². The Labute approximate surface area is 111 Å². The molecule has 0 unspecified atom stereocenters. The number of anilines is 1. The summed E-state index contributed by atoms with van der Waals surface area (Å²) >= 11 is 0. The molecule has 0 spiro atoms. The average Bonchev–Trinajstić information content (AvgIpc) is 2.91. The second kappa shape index (κ2) is 6.65. The van der Waals surface area contributed by atoms with Crippen molar-refractivity contribution in [3.63, 3.8) is 0 Å². The zero-order valence-corrected chi connectivity index (χ0v) is 10.8. The Morgan fingerprint density at radius 3 is 2.95 bits per heavy atom. The van der Waals surface area contributed by atoms with Gasteiger partial charge in [-0.15, -0.1) is 0 Å². The number of amides is 1. The maximum absolute atomic E-state index is 11.7. The van der Waals surface area contributed by atoms with Gasteiger partial charge in [-0.1, -0.05) is 18.2 Å². The van der Waals surface area contributed by atoms with Crippen LogP contribution in [0.5, 0.6) is 0 Å². The van der Waals surface area contributed by atoms with Gasteiger partial charge in [0, 0.05) is 18.7 Å². The number of para-hydroxylation sites is 1. The molecule has 6 nitrogen and oxygen atoms in total. The number of nitrogens with one attached hydrogen (secondary N) is 2. The van der Waals surface area contributed by atoms with Crippen molar-refractivity contribution in [2.45, 2.75) is 13.0 Å². The second-order valence-electron chi connectivity index (χ2n) is 4.15. The minimum Gasteiger partial charge on any atom is -0.326 e. The molecule has 0 aliphatic carbocycles. The van der Waals surface area contributed by atoms with Crippen LogP contribution in [0, 0.1) is 0 Å². The fraction of sp³-hybridized carbons (Fsp3) is 0.308. The van der Waals surface area contributed by atoms with E-state index in [-0.39, 0.29) is 5.91 Å². The average molecular weight is 259 g/mol. The lowest BCUT2D eigenvalue weighted by atomic mass is 10.1. The maximum atomic E-state index is 11.7. The zero-order valence-electron chi connectivity index (χ0n) is 10.8. The highest BCUT2D eigenvalue weighted by Crippen LogP contribution is 2.16. The smallest absolute Gasteiger partial charge is 0.225 e. The Morgan fingerprint density at radius 2 is 2.21 bits per heavy atom. The second-order valence-corrected chi connectivity index (χ2v) is 4.15. The van der Waals surface area contributed by atoms with Crippen molar-refractivity contribution in [1.82, 2.24) is 20.1 Å². The molecule has 100 valence electrons. The van der Waals surface area contributed by atoms with Gasteiger partial charge >= 0.3 is 0 Å². The predicted molar refractivity (Wildman–Crippen MR) is 72.7 cm³/mol. The topological polar surface area (TPSA) is 71.8 Å². The van der Waals surface area contributed by atoms with Crippen LogP contribution >= 0.6 is 0 Å². The van der Waals surface area contributed by atoms with Crippen molar-refractivity contribution in [3.8, 4) is 0 Å². The van der Waals surface area contributed by atoms with Crippen LogP contribution in [0.15, 0.2) is 36.9 Å². The van der Waals surface area contributed by atoms with E-state index >= 15 is 0 Å². The Morgan fingerprint density at radius 1 is 1.37 bits per heavy atom. The molecule has 0 saturated heterocycles. The molecule has 0 aliphatic heterocycles. The number of benzene rings is 1. The van der Waals surface area contributed by atoms with Crippen LogP contribution in [0.3, 0.4) is 0 Å². The molecule has 0 radical (unpaired) electrons. The van der Waals surface area contributed by atoms with Crippen molar-refractivity contribution >= 4 is 11.6 Å². The predicted octanol–water partition coefficient (Wildman–Crippen LogP) is 0.874. The summed E-state index contributed by atoms with van der Waals surface area (Å²) in [4.78, 5) is 15.6. The SMILES string of the molecule is CNCCC(=O)Nc1ccccc1Cn1cncn1. The van der Waals surface area contributed by atoms with Crippen molar-refractivity contribution in [2.24, 2.45) is 0 Å². The quantitative estimate of drug-likeness (QED) is 0.807. The Bertz CT molecular complexity index is 524. The van der Waals surface area contributed by atoms with Gasteiger partial charge in [-0.3, -0.25) is 4.79 Å². The summed E-state index contributed by atoms with van der Waals surface area (Å²) < 4.78 is 1.72. The monoisotopic (exact) mass is 259 g/mol. The number of nitrogens with zero attached hydrogens (tertiary/aromatic N) is 3. The molecule has 1 aromatic carbocycles. The normalized spacial score (nSPS) is 10.4. The van der Waals surface area contributed by atoms with E-state index in [2.05, 4.69) is 20.7 Å². The molecule has 2 aromatic rings. The largest absolute Gasteiger partial charge is 0.326 e. The van der Waals surface area contributed by atoms with Crippen LogP contribution in [0.25, 0.3) is 0 Å². The number of aromatic nitrogens is 3. The van der Waals surface area contributed by atoms with E-state index in [1.807, 2.05) is 31.3 Å². The number of carbonyl (C=O) groups excluding carboxylic acids is 1. The van der Waals surface area contributed by atoms with E-state index in [9.17, 15) is 4.79 Å². The number of hydrogen-bond donors (Lipinski definition) is 2. The Balaban J connectivity index is 2.05.